The summed E-state index contributed by atoms with van der Waals surface area (Å²) in [6.07, 6.45) is 11.3. The lowest BCUT2D eigenvalue weighted by Crippen LogP contribution is -2.71. The van der Waals surface area contributed by atoms with E-state index >= 15 is 0 Å². The third-order valence-electron chi connectivity index (χ3n) is 7.14. The van der Waals surface area contributed by atoms with Crippen LogP contribution in [-0.2, 0) is 16.0 Å². The van der Waals surface area contributed by atoms with E-state index in [0.29, 0.717) is 11.7 Å². The third kappa shape index (κ3) is 5.26. The number of likely N-dealkylation sites (N-methyl/N-ethyl adjacent to an activating group) is 1. The number of pyridine rings is 1. The van der Waals surface area contributed by atoms with E-state index in [-0.39, 0.29) is 24.3 Å². The van der Waals surface area contributed by atoms with Gasteiger partial charge in [-0.15, -0.1) is 0 Å². The highest BCUT2D eigenvalue weighted by Gasteiger charge is 2.55. The Kier molecular flexibility index (Phi) is 7.57. The van der Waals surface area contributed by atoms with Crippen LogP contribution in [-0.4, -0.2) is 56.8 Å². The molecule has 3 heterocycles. The number of nitrogens with two attached hydrogens (primary N) is 1. The van der Waals surface area contributed by atoms with Gasteiger partial charge in [0.1, 0.15) is 11.9 Å². The van der Waals surface area contributed by atoms with Crippen molar-refractivity contribution in [3.8, 4) is 0 Å². The maximum atomic E-state index is 13.5. The third-order valence-corrected chi connectivity index (χ3v) is 7.14. The molecule has 4 rings (SSSR count). The van der Waals surface area contributed by atoms with Crippen molar-refractivity contribution in [2.24, 2.45) is 11.8 Å². The van der Waals surface area contributed by atoms with E-state index in [1.54, 1.807) is 31.4 Å². The normalized spacial score (nSPS) is 21.2. The van der Waals surface area contributed by atoms with Gasteiger partial charge in [0, 0.05) is 31.7 Å². The van der Waals surface area contributed by atoms with Crippen LogP contribution in [0.5, 0.6) is 0 Å². The molecule has 0 bridgehead atoms. The van der Waals surface area contributed by atoms with Crippen LogP contribution in [0.15, 0.2) is 36.8 Å². The van der Waals surface area contributed by atoms with Gasteiger partial charge in [-0.3, -0.25) is 19.4 Å². The SMILES string of the molecule is CCC(NC(=O)N1C(=O)[C@H](Cc2ccnc(N)c2)[C@H]1C(=O)N(C)c1ncccn1)C1CCCCC1. The Hall–Kier alpha value is -3.56. The molecule has 0 aromatic carbocycles. The van der Waals surface area contributed by atoms with Gasteiger partial charge in [-0.2, -0.15) is 0 Å². The summed E-state index contributed by atoms with van der Waals surface area (Å²) >= 11 is 0. The van der Waals surface area contributed by atoms with E-state index in [9.17, 15) is 14.4 Å². The molecule has 3 atom stereocenters. The number of anilines is 2. The molecule has 2 fully saturated rings. The van der Waals surface area contributed by atoms with Crippen LogP contribution in [0, 0.1) is 11.8 Å². The minimum absolute atomic E-state index is 0.0272. The van der Waals surface area contributed by atoms with Crippen LogP contribution < -0.4 is 16.0 Å². The van der Waals surface area contributed by atoms with Crippen LogP contribution in [0.4, 0.5) is 16.6 Å². The van der Waals surface area contributed by atoms with Crippen LogP contribution in [0.3, 0.4) is 0 Å². The number of hydrogen-bond donors (Lipinski definition) is 2. The number of carbonyl (C=O) groups excluding carboxylic acids is 3. The summed E-state index contributed by atoms with van der Waals surface area (Å²) in [6.45, 7) is 2.04. The van der Waals surface area contributed by atoms with Crippen molar-refractivity contribution < 1.29 is 14.4 Å². The fourth-order valence-electron chi connectivity index (χ4n) is 5.21. The second kappa shape index (κ2) is 10.8. The maximum absolute atomic E-state index is 13.5. The Bertz CT molecular complexity index is 1060. The quantitative estimate of drug-likeness (QED) is 0.583. The molecule has 10 heteroatoms. The van der Waals surface area contributed by atoms with E-state index in [1.807, 2.05) is 6.92 Å². The van der Waals surface area contributed by atoms with E-state index in [2.05, 4.69) is 20.3 Å². The van der Waals surface area contributed by atoms with Crippen molar-refractivity contribution in [1.82, 2.24) is 25.2 Å². The predicted octanol–water partition coefficient (Wildman–Crippen LogP) is 2.55. The molecule has 4 amide bonds. The first-order valence-electron chi connectivity index (χ1n) is 12.3. The second-order valence-electron chi connectivity index (χ2n) is 9.36. The lowest BCUT2D eigenvalue weighted by molar-refractivity contribution is -0.156. The number of β-lactam (4-membered cyclic amide) rings is 1. The molecule has 0 radical (unpaired) electrons. The zero-order chi connectivity index (χ0) is 24.9. The number of urea groups is 1. The zero-order valence-corrected chi connectivity index (χ0v) is 20.3. The topological polar surface area (TPSA) is 134 Å². The summed E-state index contributed by atoms with van der Waals surface area (Å²) < 4.78 is 0. The van der Waals surface area contributed by atoms with E-state index < -0.39 is 23.9 Å². The largest absolute Gasteiger partial charge is 0.384 e. The maximum Gasteiger partial charge on any atom is 0.325 e. The summed E-state index contributed by atoms with van der Waals surface area (Å²) in [5.74, 6) is -0.562. The Morgan fingerprint density at radius 3 is 2.54 bits per heavy atom. The molecule has 10 nitrogen and oxygen atoms in total. The van der Waals surface area contributed by atoms with Gasteiger partial charge in [-0.1, -0.05) is 26.2 Å². The van der Waals surface area contributed by atoms with Crippen molar-refractivity contribution in [2.45, 2.75) is 64.0 Å². The first kappa shape index (κ1) is 24.6. The van der Waals surface area contributed by atoms with Crippen molar-refractivity contribution >= 4 is 29.6 Å². The molecule has 0 spiro atoms. The van der Waals surface area contributed by atoms with E-state index in [4.69, 9.17) is 5.73 Å². The molecule has 1 aliphatic heterocycles. The highest BCUT2D eigenvalue weighted by atomic mass is 16.2. The van der Waals surface area contributed by atoms with E-state index in [0.717, 1.165) is 42.6 Å². The van der Waals surface area contributed by atoms with Crippen LogP contribution >= 0.6 is 0 Å². The molecule has 186 valence electrons. The van der Waals surface area contributed by atoms with Crippen molar-refractivity contribution in [1.29, 1.82) is 0 Å². The average Bonchev–Trinajstić information content (AvgIpc) is 2.89. The van der Waals surface area contributed by atoms with Gasteiger partial charge in [0.15, 0.2) is 0 Å². The first-order valence-corrected chi connectivity index (χ1v) is 12.3. The molecule has 1 saturated heterocycles. The molecule has 3 N–H and O–H groups in total. The fourth-order valence-corrected chi connectivity index (χ4v) is 5.21. The Morgan fingerprint density at radius 2 is 1.89 bits per heavy atom. The smallest absolute Gasteiger partial charge is 0.325 e. The van der Waals surface area contributed by atoms with Gasteiger partial charge < -0.3 is 11.1 Å². The molecular weight excluding hydrogens is 446 g/mol. The van der Waals surface area contributed by atoms with Crippen LogP contribution in [0.25, 0.3) is 0 Å². The number of aromatic nitrogens is 3. The average molecular weight is 480 g/mol. The lowest BCUT2D eigenvalue weighted by atomic mass is 9.81. The highest BCUT2D eigenvalue weighted by Crippen LogP contribution is 2.33. The summed E-state index contributed by atoms with van der Waals surface area (Å²) in [6, 6.07) is 3.58. The van der Waals surface area contributed by atoms with Gasteiger partial charge in [0.25, 0.3) is 5.91 Å². The molecule has 1 aliphatic carbocycles. The zero-order valence-electron chi connectivity index (χ0n) is 20.3. The van der Waals surface area contributed by atoms with E-state index in [1.165, 1.54) is 23.7 Å². The summed E-state index contributed by atoms with van der Waals surface area (Å²) in [7, 11) is 1.55. The molecule has 1 unspecified atom stereocenters. The van der Waals surface area contributed by atoms with Gasteiger partial charge in [-0.05, 0) is 55.4 Å². The summed E-state index contributed by atoms with van der Waals surface area (Å²) in [4.78, 5) is 54.7. The van der Waals surface area contributed by atoms with Gasteiger partial charge in [0.2, 0.25) is 11.9 Å². The minimum atomic E-state index is -0.963. The van der Waals surface area contributed by atoms with Crippen molar-refractivity contribution in [3.05, 3.63) is 42.4 Å². The standard InChI is InChI=1S/C25H33N7O3/c1-3-19(17-8-5-4-6-9-17)30-25(35)32-21(23(34)31(2)24-28-11-7-12-29-24)18(22(32)33)14-16-10-13-27-20(26)15-16/h7,10-13,15,17-19,21H,3-6,8-9,14H2,1-2H3,(H2,26,27)(H,30,35)/t18-,19?,21+/m1/s1. The summed E-state index contributed by atoms with van der Waals surface area (Å²) in [5.41, 5.74) is 6.58. The predicted molar refractivity (Wildman–Crippen MR) is 131 cm³/mol. The number of rotatable bonds is 7. The first-order chi connectivity index (χ1) is 16.9. The number of imide groups is 1. The minimum Gasteiger partial charge on any atom is -0.384 e. The number of nitrogens with zero attached hydrogens (tertiary/aromatic N) is 5. The molecule has 2 aliphatic rings. The molecular formula is C25H33N7O3. The number of nitrogens with one attached hydrogen (secondary N) is 1. The number of likely N-dealkylation sites (tertiary alicyclic amines) is 1. The second-order valence-corrected chi connectivity index (χ2v) is 9.36. The molecule has 35 heavy (non-hydrogen) atoms. The monoisotopic (exact) mass is 479 g/mol. The van der Waals surface area contributed by atoms with Crippen molar-refractivity contribution in [2.75, 3.05) is 17.7 Å². The van der Waals surface area contributed by atoms with Crippen LogP contribution in [0.1, 0.15) is 51.0 Å². The Labute approximate surface area is 205 Å². The summed E-state index contributed by atoms with van der Waals surface area (Å²) in [5, 5.41) is 3.06. The molecule has 1 saturated carbocycles. The van der Waals surface area contributed by atoms with Crippen LogP contribution in [0.2, 0.25) is 0 Å². The lowest BCUT2D eigenvalue weighted by Gasteiger charge is -2.46. The number of amides is 4. The fraction of sp³-hybridized carbons (Fsp3) is 0.520. The van der Waals surface area contributed by atoms with Crippen molar-refractivity contribution in [3.63, 3.8) is 0 Å². The van der Waals surface area contributed by atoms with Gasteiger partial charge in [-0.25, -0.2) is 19.7 Å². The number of hydrogen-bond acceptors (Lipinski definition) is 7. The number of carbonyl (C=O) groups is 3. The van der Waals surface area contributed by atoms with Gasteiger partial charge >= 0.3 is 6.03 Å². The Morgan fingerprint density at radius 1 is 1.17 bits per heavy atom. The molecule has 2 aromatic rings. The van der Waals surface area contributed by atoms with Gasteiger partial charge in [0.05, 0.1) is 5.92 Å². The Balaban J connectivity index is 1.56. The number of nitrogen functional groups attached to an aromatic ring is 1. The molecule has 2 aromatic heterocycles. The highest BCUT2D eigenvalue weighted by molar-refractivity contribution is 6.12.